The standard InChI is InChI=1S/C27H23BrFN3O3/c28-21-8-3-2-7-20(21)26(34)30-23(13-18-6-1-4-9-22(18)29)27(35)31-14-17-12-19(16-31)24-10-5-11-25(33)32(24)15-17/h1-11,13,17,19H,12,14-16H2,(H,30,34)/b23-13-/t17-,19+/m1/s1. The van der Waals surface area contributed by atoms with Crippen molar-refractivity contribution in [3.8, 4) is 0 Å². The topological polar surface area (TPSA) is 71.4 Å². The Labute approximate surface area is 210 Å². The number of rotatable bonds is 4. The minimum absolute atomic E-state index is 0.00118. The van der Waals surface area contributed by atoms with E-state index in [1.807, 2.05) is 6.07 Å². The number of pyridine rings is 1. The Kier molecular flexibility index (Phi) is 6.38. The molecule has 8 heteroatoms. The molecule has 1 N–H and O–H groups in total. The third kappa shape index (κ3) is 4.71. The number of halogens is 2. The molecule has 5 rings (SSSR count). The van der Waals surface area contributed by atoms with Crippen LogP contribution in [0.25, 0.3) is 6.08 Å². The molecular formula is C27H23BrFN3O3. The van der Waals surface area contributed by atoms with Crippen molar-refractivity contribution in [1.82, 2.24) is 14.8 Å². The van der Waals surface area contributed by atoms with Gasteiger partial charge in [0.25, 0.3) is 17.4 Å². The highest BCUT2D eigenvalue weighted by molar-refractivity contribution is 9.10. The van der Waals surface area contributed by atoms with Crippen LogP contribution in [0, 0.1) is 11.7 Å². The molecule has 6 nitrogen and oxygen atoms in total. The zero-order chi connectivity index (χ0) is 24.5. The summed E-state index contributed by atoms with van der Waals surface area (Å²) in [6.45, 7) is 1.42. The summed E-state index contributed by atoms with van der Waals surface area (Å²) in [6.07, 6.45) is 2.28. The average molecular weight is 536 g/mol. The maximum Gasteiger partial charge on any atom is 0.270 e. The van der Waals surface area contributed by atoms with E-state index in [2.05, 4.69) is 21.2 Å². The highest BCUT2D eigenvalue weighted by atomic mass is 79.9. The number of carbonyl (C=O) groups excluding carboxylic acids is 2. The molecular weight excluding hydrogens is 513 g/mol. The fourth-order valence-corrected chi connectivity index (χ4v) is 5.43. The first-order chi connectivity index (χ1) is 16.9. The smallest absolute Gasteiger partial charge is 0.270 e. The summed E-state index contributed by atoms with van der Waals surface area (Å²) >= 11 is 3.37. The Bertz CT molecular complexity index is 1400. The second kappa shape index (κ2) is 9.62. The minimum atomic E-state index is -0.489. The van der Waals surface area contributed by atoms with Crippen LogP contribution in [0.1, 0.15) is 34.0 Å². The molecule has 1 saturated heterocycles. The lowest BCUT2D eigenvalue weighted by molar-refractivity contribution is -0.130. The second-order valence-corrected chi connectivity index (χ2v) is 9.78. The van der Waals surface area contributed by atoms with Gasteiger partial charge in [0.15, 0.2) is 0 Å². The molecule has 0 aliphatic carbocycles. The van der Waals surface area contributed by atoms with E-state index in [4.69, 9.17) is 0 Å². The number of benzene rings is 2. The normalized spacial score (nSPS) is 19.1. The largest absolute Gasteiger partial charge is 0.336 e. The number of hydrogen-bond acceptors (Lipinski definition) is 3. The molecule has 1 aromatic heterocycles. The molecule has 2 aliphatic heterocycles. The van der Waals surface area contributed by atoms with Gasteiger partial charge in [-0.05, 0) is 58.6 Å². The van der Waals surface area contributed by atoms with E-state index in [9.17, 15) is 18.8 Å². The average Bonchev–Trinajstić information content (AvgIpc) is 2.85. The van der Waals surface area contributed by atoms with E-state index in [1.165, 1.54) is 12.1 Å². The van der Waals surface area contributed by atoms with Crippen molar-refractivity contribution >= 4 is 33.8 Å². The van der Waals surface area contributed by atoms with Crippen LogP contribution in [0.2, 0.25) is 0 Å². The lowest BCUT2D eigenvalue weighted by Crippen LogP contribution is -2.50. The van der Waals surface area contributed by atoms with Crippen molar-refractivity contribution in [2.75, 3.05) is 13.1 Å². The van der Waals surface area contributed by atoms with Gasteiger partial charge in [0.05, 0.1) is 5.56 Å². The summed E-state index contributed by atoms with van der Waals surface area (Å²) in [5.41, 5.74) is 1.46. The van der Waals surface area contributed by atoms with Gasteiger partial charge < -0.3 is 14.8 Å². The van der Waals surface area contributed by atoms with Gasteiger partial charge in [-0.3, -0.25) is 14.4 Å². The van der Waals surface area contributed by atoms with E-state index >= 15 is 0 Å². The predicted molar refractivity (Wildman–Crippen MR) is 134 cm³/mol. The molecule has 0 saturated carbocycles. The Morgan fingerprint density at radius 2 is 1.74 bits per heavy atom. The van der Waals surface area contributed by atoms with Gasteiger partial charge in [0.1, 0.15) is 11.5 Å². The van der Waals surface area contributed by atoms with E-state index in [-0.39, 0.29) is 34.6 Å². The summed E-state index contributed by atoms with van der Waals surface area (Å²) in [5.74, 6) is -1.19. The summed E-state index contributed by atoms with van der Waals surface area (Å²) < 4.78 is 16.8. The Morgan fingerprint density at radius 1 is 0.971 bits per heavy atom. The molecule has 35 heavy (non-hydrogen) atoms. The molecule has 0 radical (unpaired) electrons. The van der Waals surface area contributed by atoms with Crippen LogP contribution in [-0.4, -0.2) is 34.4 Å². The first-order valence-electron chi connectivity index (χ1n) is 11.4. The van der Waals surface area contributed by atoms with Crippen LogP contribution in [0.3, 0.4) is 0 Å². The molecule has 2 atom stereocenters. The van der Waals surface area contributed by atoms with E-state index in [1.54, 1.807) is 64.1 Å². The number of nitrogens with one attached hydrogen (secondary N) is 1. The van der Waals surface area contributed by atoms with E-state index in [0.717, 1.165) is 12.1 Å². The molecule has 0 unspecified atom stereocenters. The van der Waals surface area contributed by atoms with Crippen LogP contribution in [0.15, 0.2) is 81.7 Å². The van der Waals surface area contributed by atoms with Gasteiger partial charge >= 0.3 is 0 Å². The van der Waals surface area contributed by atoms with Crippen LogP contribution in [-0.2, 0) is 11.3 Å². The van der Waals surface area contributed by atoms with Gasteiger partial charge in [0.2, 0.25) is 0 Å². The number of hydrogen-bond donors (Lipinski definition) is 1. The van der Waals surface area contributed by atoms with Crippen LogP contribution >= 0.6 is 15.9 Å². The monoisotopic (exact) mass is 535 g/mol. The van der Waals surface area contributed by atoms with Crippen molar-refractivity contribution in [3.63, 3.8) is 0 Å². The molecule has 2 bridgehead atoms. The van der Waals surface area contributed by atoms with Gasteiger partial charge in [0, 0.05) is 47.3 Å². The van der Waals surface area contributed by atoms with Gasteiger partial charge in [-0.25, -0.2) is 4.39 Å². The molecule has 1 fully saturated rings. The maximum atomic E-state index is 14.4. The van der Waals surface area contributed by atoms with Crippen molar-refractivity contribution in [2.24, 2.45) is 5.92 Å². The Morgan fingerprint density at radius 3 is 2.54 bits per heavy atom. The third-order valence-electron chi connectivity index (χ3n) is 6.57. The SMILES string of the molecule is O=C(N/C(=C\c1ccccc1F)C(=O)N1C[C@H]2C[C@@H](C1)c1cccc(=O)n1C2)c1ccccc1Br. The fourth-order valence-electron chi connectivity index (χ4n) is 4.97. The van der Waals surface area contributed by atoms with Crippen LogP contribution in [0.5, 0.6) is 0 Å². The first kappa shape index (κ1) is 23.2. The van der Waals surface area contributed by atoms with Crippen molar-refractivity contribution in [2.45, 2.75) is 18.9 Å². The zero-order valence-electron chi connectivity index (χ0n) is 18.8. The molecule has 0 spiro atoms. The molecule has 2 aliphatic rings. The summed E-state index contributed by atoms with van der Waals surface area (Å²) in [4.78, 5) is 40.8. The summed E-state index contributed by atoms with van der Waals surface area (Å²) in [6, 6.07) is 18.2. The highest BCUT2D eigenvalue weighted by Crippen LogP contribution is 2.35. The second-order valence-electron chi connectivity index (χ2n) is 8.92. The lowest BCUT2D eigenvalue weighted by Gasteiger charge is -2.43. The van der Waals surface area contributed by atoms with Gasteiger partial charge in [-0.15, -0.1) is 0 Å². The van der Waals surface area contributed by atoms with Crippen molar-refractivity contribution in [3.05, 3.63) is 110 Å². The van der Waals surface area contributed by atoms with Gasteiger partial charge in [-0.2, -0.15) is 0 Å². The number of amides is 2. The number of carbonyl (C=O) groups is 2. The quantitative estimate of drug-likeness (QED) is 0.509. The fraction of sp³-hybridized carbons (Fsp3) is 0.222. The Hall–Kier alpha value is -3.52. The van der Waals surface area contributed by atoms with E-state index in [0.29, 0.717) is 29.7 Å². The summed E-state index contributed by atoms with van der Waals surface area (Å²) in [7, 11) is 0. The Balaban J connectivity index is 1.47. The lowest BCUT2D eigenvalue weighted by atomic mass is 9.83. The maximum absolute atomic E-state index is 14.4. The number of piperidine rings is 1. The number of nitrogens with zero attached hydrogens (tertiary/aromatic N) is 2. The molecule has 2 aromatic carbocycles. The molecule has 3 heterocycles. The minimum Gasteiger partial charge on any atom is -0.336 e. The zero-order valence-corrected chi connectivity index (χ0v) is 20.4. The molecule has 178 valence electrons. The molecule has 2 amide bonds. The number of likely N-dealkylation sites (tertiary alicyclic amines) is 1. The third-order valence-corrected chi connectivity index (χ3v) is 7.26. The van der Waals surface area contributed by atoms with Crippen molar-refractivity contribution in [1.29, 1.82) is 0 Å². The highest BCUT2D eigenvalue weighted by Gasteiger charge is 2.37. The number of fused-ring (bicyclic) bond motifs is 4. The summed E-state index contributed by atoms with van der Waals surface area (Å²) in [5, 5.41) is 2.72. The first-order valence-corrected chi connectivity index (χ1v) is 12.2. The van der Waals surface area contributed by atoms with E-state index < -0.39 is 11.7 Å². The molecule has 3 aromatic rings. The van der Waals surface area contributed by atoms with Crippen LogP contribution < -0.4 is 10.9 Å². The number of aromatic nitrogens is 1. The van der Waals surface area contributed by atoms with Gasteiger partial charge in [-0.1, -0.05) is 36.4 Å². The van der Waals surface area contributed by atoms with Crippen LogP contribution in [0.4, 0.5) is 4.39 Å². The van der Waals surface area contributed by atoms with Crippen molar-refractivity contribution < 1.29 is 14.0 Å². The predicted octanol–water partition coefficient (Wildman–Crippen LogP) is 4.17.